The van der Waals surface area contributed by atoms with Crippen molar-refractivity contribution in [2.75, 3.05) is 19.0 Å². The smallest absolute Gasteiger partial charge is 0.223 e. The summed E-state index contributed by atoms with van der Waals surface area (Å²) in [6.45, 7) is 4.92. The molecule has 1 unspecified atom stereocenters. The van der Waals surface area contributed by atoms with Crippen LogP contribution in [-0.2, 0) is 17.8 Å². The molecular weight excluding hydrogens is 332 g/mol. The van der Waals surface area contributed by atoms with Gasteiger partial charge in [-0.15, -0.1) is 0 Å². The molecule has 0 aromatic heterocycles. The van der Waals surface area contributed by atoms with E-state index in [0.29, 0.717) is 18.9 Å². The number of rotatable bonds is 6. The molecular formula is C24H32N2O. The summed E-state index contributed by atoms with van der Waals surface area (Å²) in [5.74, 6) is 0.637. The van der Waals surface area contributed by atoms with Gasteiger partial charge in [0, 0.05) is 32.7 Å². The Morgan fingerprint density at radius 1 is 1.07 bits per heavy atom. The highest BCUT2D eigenvalue weighted by Gasteiger charge is 2.29. The second kappa shape index (κ2) is 8.60. The van der Waals surface area contributed by atoms with Crippen LogP contribution >= 0.6 is 0 Å². The molecule has 1 atom stereocenters. The molecule has 3 rings (SSSR count). The quantitative estimate of drug-likeness (QED) is 0.703. The lowest BCUT2D eigenvalue weighted by molar-refractivity contribution is -0.135. The fraction of sp³-hybridized carbons (Fsp3) is 0.458. The molecule has 0 heterocycles. The number of carbonyl (C=O) groups excluding carboxylic acids is 1. The lowest BCUT2D eigenvalue weighted by Crippen LogP contribution is -2.36. The molecule has 0 aliphatic heterocycles. The van der Waals surface area contributed by atoms with Gasteiger partial charge in [0.1, 0.15) is 0 Å². The summed E-state index contributed by atoms with van der Waals surface area (Å²) < 4.78 is 0. The molecule has 0 spiro atoms. The molecule has 0 bridgehead atoms. The molecule has 0 fully saturated rings. The molecule has 1 aliphatic rings. The first kappa shape index (κ1) is 19.5. The summed E-state index contributed by atoms with van der Waals surface area (Å²) >= 11 is 0. The van der Waals surface area contributed by atoms with Crippen molar-refractivity contribution in [3.05, 3.63) is 65.2 Å². The van der Waals surface area contributed by atoms with Crippen LogP contribution in [-0.4, -0.2) is 24.9 Å². The lowest BCUT2D eigenvalue weighted by atomic mass is 9.86. The van der Waals surface area contributed by atoms with Gasteiger partial charge >= 0.3 is 0 Å². The van der Waals surface area contributed by atoms with Gasteiger partial charge in [-0.3, -0.25) is 4.79 Å². The van der Waals surface area contributed by atoms with Crippen LogP contribution in [0.2, 0.25) is 0 Å². The van der Waals surface area contributed by atoms with E-state index < -0.39 is 0 Å². The number of aryl methyl sites for hydroxylation is 1. The minimum Gasteiger partial charge on any atom is -0.378 e. The second-order valence-corrected chi connectivity index (χ2v) is 8.29. The number of anilines is 1. The number of carbonyl (C=O) groups is 1. The average molecular weight is 365 g/mol. The van der Waals surface area contributed by atoms with Crippen molar-refractivity contribution in [3.8, 4) is 0 Å². The van der Waals surface area contributed by atoms with Crippen molar-refractivity contribution in [2.24, 2.45) is 5.92 Å². The highest BCUT2D eigenvalue weighted by Crippen LogP contribution is 2.36. The molecule has 3 heteroatoms. The third kappa shape index (κ3) is 4.71. The first-order chi connectivity index (χ1) is 13.0. The van der Waals surface area contributed by atoms with Crippen molar-refractivity contribution in [1.29, 1.82) is 0 Å². The Labute approximate surface area is 164 Å². The monoisotopic (exact) mass is 364 g/mol. The topological polar surface area (TPSA) is 23.6 Å². The van der Waals surface area contributed by atoms with Crippen LogP contribution in [0, 0.1) is 5.92 Å². The van der Waals surface area contributed by atoms with Gasteiger partial charge in [-0.25, -0.2) is 0 Å². The lowest BCUT2D eigenvalue weighted by Gasteiger charge is -2.36. The third-order valence-corrected chi connectivity index (χ3v) is 5.42. The predicted octanol–water partition coefficient (Wildman–Crippen LogP) is 5.20. The van der Waals surface area contributed by atoms with Crippen LogP contribution in [0.4, 0.5) is 5.69 Å². The van der Waals surface area contributed by atoms with E-state index in [1.54, 1.807) is 0 Å². The standard InChI is InChI=1S/C24H32N2O/c1-18(2)16-24(27)26(17-19-12-14-21(15-13-19)25(3)4)23-11-7-9-20-8-5-6-10-22(20)23/h5-6,8,10,12-15,18,23H,7,9,11,16-17H2,1-4H3. The molecule has 0 radical (unpaired) electrons. The summed E-state index contributed by atoms with van der Waals surface area (Å²) in [4.78, 5) is 17.4. The third-order valence-electron chi connectivity index (χ3n) is 5.42. The van der Waals surface area contributed by atoms with Gasteiger partial charge < -0.3 is 9.80 Å². The minimum absolute atomic E-state index is 0.190. The molecule has 1 amide bonds. The predicted molar refractivity (Wildman–Crippen MR) is 113 cm³/mol. The van der Waals surface area contributed by atoms with Gasteiger partial charge in [0.05, 0.1) is 6.04 Å². The van der Waals surface area contributed by atoms with E-state index in [1.807, 2.05) is 14.1 Å². The van der Waals surface area contributed by atoms with Gasteiger partial charge in [-0.2, -0.15) is 0 Å². The SMILES string of the molecule is CC(C)CC(=O)N(Cc1ccc(N(C)C)cc1)C1CCCc2ccccc21. The van der Waals surface area contributed by atoms with E-state index in [-0.39, 0.29) is 11.9 Å². The van der Waals surface area contributed by atoms with Gasteiger partial charge in [0.15, 0.2) is 0 Å². The van der Waals surface area contributed by atoms with Crippen molar-refractivity contribution in [1.82, 2.24) is 4.90 Å². The number of fused-ring (bicyclic) bond motifs is 1. The second-order valence-electron chi connectivity index (χ2n) is 8.29. The van der Waals surface area contributed by atoms with Crippen molar-refractivity contribution in [2.45, 2.75) is 52.1 Å². The van der Waals surface area contributed by atoms with Crippen LogP contribution in [0.15, 0.2) is 48.5 Å². The van der Waals surface area contributed by atoms with Gasteiger partial charge in [-0.1, -0.05) is 50.2 Å². The summed E-state index contributed by atoms with van der Waals surface area (Å²) in [6, 6.07) is 17.4. The zero-order valence-electron chi connectivity index (χ0n) is 17.1. The van der Waals surface area contributed by atoms with Crippen LogP contribution in [0.25, 0.3) is 0 Å². The molecule has 144 valence electrons. The molecule has 27 heavy (non-hydrogen) atoms. The Hall–Kier alpha value is -2.29. The minimum atomic E-state index is 0.190. The van der Waals surface area contributed by atoms with E-state index in [2.05, 4.69) is 72.2 Å². The van der Waals surface area contributed by atoms with Crippen molar-refractivity contribution >= 4 is 11.6 Å². The molecule has 1 aliphatic carbocycles. The van der Waals surface area contributed by atoms with E-state index in [9.17, 15) is 4.79 Å². The number of hydrogen-bond donors (Lipinski definition) is 0. The van der Waals surface area contributed by atoms with Crippen molar-refractivity contribution in [3.63, 3.8) is 0 Å². The molecule has 0 N–H and O–H groups in total. The Morgan fingerprint density at radius 3 is 2.44 bits per heavy atom. The highest BCUT2D eigenvalue weighted by atomic mass is 16.2. The van der Waals surface area contributed by atoms with Crippen LogP contribution in [0.1, 0.15) is 55.8 Å². The van der Waals surface area contributed by atoms with Crippen molar-refractivity contribution < 1.29 is 4.79 Å². The maximum absolute atomic E-state index is 13.2. The van der Waals surface area contributed by atoms with Crippen LogP contribution in [0.5, 0.6) is 0 Å². The molecule has 2 aromatic carbocycles. The average Bonchev–Trinajstić information content (AvgIpc) is 2.65. The van der Waals surface area contributed by atoms with E-state index in [4.69, 9.17) is 0 Å². The Kier molecular flexibility index (Phi) is 6.20. The van der Waals surface area contributed by atoms with Crippen LogP contribution in [0.3, 0.4) is 0 Å². The molecule has 0 saturated heterocycles. The maximum Gasteiger partial charge on any atom is 0.223 e. The van der Waals surface area contributed by atoms with E-state index in [1.165, 1.54) is 22.4 Å². The number of hydrogen-bond acceptors (Lipinski definition) is 2. The highest BCUT2D eigenvalue weighted by molar-refractivity contribution is 5.77. The molecule has 3 nitrogen and oxygen atoms in total. The zero-order chi connectivity index (χ0) is 19.4. The largest absolute Gasteiger partial charge is 0.378 e. The van der Waals surface area contributed by atoms with Crippen LogP contribution < -0.4 is 4.90 Å². The number of nitrogens with zero attached hydrogens (tertiary/aromatic N) is 2. The Morgan fingerprint density at radius 2 is 1.78 bits per heavy atom. The summed E-state index contributed by atoms with van der Waals surface area (Å²) in [5, 5.41) is 0. The number of benzene rings is 2. The summed E-state index contributed by atoms with van der Waals surface area (Å²) in [7, 11) is 4.10. The number of amides is 1. The van der Waals surface area contributed by atoms with E-state index >= 15 is 0 Å². The molecule has 0 saturated carbocycles. The fourth-order valence-corrected chi connectivity index (χ4v) is 3.99. The molecule has 2 aromatic rings. The zero-order valence-corrected chi connectivity index (χ0v) is 17.1. The van der Waals surface area contributed by atoms with E-state index in [0.717, 1.165) is 19.3 Å². The first-order valence-electron chi connectivity index (χ1n) is 10.1. The normalized spacial score (nSPS) is 16.1. The maximum atomic E-state index is 13.2. The first-order valence-corrected chi connectivity index (χ1v) is 10.1. The summed E-state index contributed by atoms with van der Waals surface area (Å²) in [5.41, 5.74) is 5.12. The van der Waals surface area contributed by atoms with Gasteiger partial charge in [0.25, 0.3) is 0 Å². The Bertz CT molecular complexity index is 764. The summed E-state index contributed by atoms with van der Waals surface area (Å²) in [6.07, 6.45) is 3.92. The fourth-order valence-electron chi connectivity index (χ4n) is 3.99. The Balaban J connectivity index is 1.89. The van der Waals surface area contributed by atoms with Gasteiger partial charge in [-0.05, 0) is 54.0 Å². The van der Waals surface area contributed by atoms with Gasteiger partial charge in [0.2, 0.25) is 5.91 Å².